The summed E-state index contributed by atoms with van der Waals surface area (Å²) in [4.78, 5) is 23.5. The summed E-state index contributed by atoms with van der Waals surface area (Å²) in [5.74, 6) is -0.144. The second-order valence-electron chi connectivity index (χ2n) is 3.94. The number of hydrogen-bond donors (Lipinski definition) is 1. The van der Waals surface area contributed by atoms with Gasteiger partial charge in [-0.3, -0.25) is 9.59 Å². The summed E-state index contributed by atoms with van der Waals surface area (Å²) in [6.45, 7) is 1.56. The molecule has 0 atom stereocenters. The second-order valence-corrected chi connectivity index (χ2v) is 4.38. The van der Waals surface area contributed by atoms with E-state index in [1.165, 1.54) is 6.07 Å². The van der Waals surface area contributed by atoms with Crippen molar-refractivity contribution in [3.8, 4) is 0 Å². The zero-order valence-corrected chi connectivity index (χ0v) is 10.9. The van der Waals surface area contributed by atoms with Gasteiger partial charge >= 0.3 is 0 Å². The van der Waals surface area contributed by atoms with E-state index in [4.69, 9.17) is 16.1 Å². The summed E-state index contributed by atoms with van der Waals surface area (Å²) < 4.78 is 4.78. The summed E-state index contributed by atoms with van der Waals surface area (Å²) in [6.07, 6.45) is 0. The molecule has 0 spiro atoms. The highest BCUT2D eigenvalue weighted by Crippen LogP contribution is 2.11. The molecule has 0 fully saturated rings. The molecule has 0 bridgehead atoms. The van der Waals surface area contributed by atoms with E-state index >= 15 is 0 Å². The number of aryl methyl sites for hydroxylation is 1. The predicted octanol–water partition coefficient (Wildman–Crippen LogP) is 2.25. The Labute approximate surface area is 114 Å². The summed E-state index contributed by atoms with van der Waals surface area (Å²) in [5.41, 5.74) is 0.598. The van der Waals surface area contributed by atoms with Crippen LogP contribution in [0.15, 0.2) is 34.9 Å². The first kappa shape index (κ1) is 13.3. The Morgan fingerprint density at radius 3 is 2.79 bits per heavy atom. The zero-order chi connectivity index (χ0) is 13.8. The predicted molar refractivity (Wildman–Crippen MR) is 69.4 cm³/mol. The van der Waals surface area contributed by atoms with Gasteiger partial charge in [-0.15, -0.1) is 0 Å². The Kier molecular flexibility index (Phi) is 3.97. The normalized spacial score (nSPS) is 10.2. The molecular weight excluding hydrogens is 268 g/mol. The van der Waals surface area contributed by atoms with Crippen molar-refractivity contribution in [3.63, 3.8) is 0 Å². The number of ketones is 1. The third-order valence-corrected chi connectivity index (χ3v) is 2.65. The molecule has 2 rings (SSSR count). The smallest absolute Gasteiger partial charge is 0.273 e. The van der Waals surface area contributed by atoms with Crippen LogP contribution < -0.4 is 5.32 Å². The average Bonchev–Trinajstić information content (AvgIpc) is 2.82. The van der Waals surface area contributed by atoms with Gasteiger partial charge in [0.15, 0.2) is 11.5 Å². The third-order valence-electron chi connectivity index (χ3n) is 2.42. The molecule has 98 valence electrons. The number of nitrogens with one attached hydrogen (secondary N) is 1. The lowest BCUT2D eigenvalue weighted by molar-refractivity contribution is 0.0898. The monoisotopic (exact) mass is 278 g/mol. The number of Topliss-reactive ketones (excluding diaryl/α,β-unsaturated/α-hetero) is 1. The number of nitrogens with zero attached hydrogens (tertiary/aromatic N) is 1. The topological polar surface area (TPSA) is 72.2 Å². The van der Waals surface area contributed by atoms with E-state index in [2.05, 4.69) is 10.5 Å². The summed E-state index contributed by atoms with van der Waals surface area (Å²) in [6, 6.07) is 8.05. The van der Waals surface area contributed by atoms with Crippen molar-refractivity contribution in [2.75, 3.05) is 6.54 Å². The number of halogens is 1. The van der Waals surface area contributed by atoms with Gasteiger partial charge in [-0.05, 0) is 19.1 Å². The fourth-order valence-electron chi connectivity index (χ4n) is 1.49. The molecule has 1 heterocycles. The first-order valence-corrected chi connectivity index (χ1v) is 5.94. The van der Waals surface area contributed by atoms with E-state index in [0.717, 1.165) is 0 Å². The molecule has 0 saturated heterocycles. The molecule has 1 aromatic carbocycles. The molecule has 19 heavy (non-hydrogen) atoms. The van der Waals surface area contributed by atoms with Crippen LogP contribution in [0.5, 0.6) is 0 Å². The molecule has 0 radical (unpaired) electrons. The van der Waals surface area contributed by atoms with Crippen LogP contribution in [-0.2, 0) is 0 Å². The van der Waals surface area contributed by atoms with Gasteiger partial charge in [0.05, 0.1) is 6.54 Å². The van der Waals surface area contributed by atoms with Crippen molar-refractivity contribution >= 4 is 23.3 Å². The van der Waals surface area contributed by atoms with Crippen LogP contribution in [0.3, 0.4) is 0 Å². The van der Waals surface area contributed by atoms with Gasteiger partial charge in [-0.2, -0.15) is 0 Å². The van der Waals surface area contributed by atoms with E-state index in [0.29, 0.717) is 16.3 Å². The van der Waals surface area contributed by atoms with Crippen LogP contribution in [0.2, 0.25) is 5.02 Å². The van der Waals surface area contributed by atoms with Crippen molar-refractivity contribution in [2.24, 2.45) is 0 Å². The molecule has 0 unspecified atom stereocenters. The quantitative estimate of drug-likeness (QED) is 0.871. The van der Waals surface area contributed by atoms with Crippen LogP contribution in [0.25, 0.3) is 0 Å². The molecule has 2 aromatic rings. The number of aromatic nitrogens is 1. The number of hydrogen-bond acceptors (Lipinski definition) is 4. The molecule has 0 aliphatic heterocycles. The summed E-state index contributed by atoms with van der Waals surface area (Å²) in [7, 11) is 0. The number of carbonyl (C=O) groups excluding carboxylic acids is 2. The molecule has 0 aliphatic carbocycles. The average molecular weight is 279 g/mol. The Morgan fingerprint density at radius 1 is 1.37 bits per heavy atom. The van der Waals surface area contributed by atoms with Gasteiger partial charge in [0.2, 0.25) is 0 Å². The minimum absolute atomic E-state index is 0.120. The highest BCUT2D eigenvalue weighted by atomic mass is 35.5. The van der Waals surface area contributed by atoms with Gasteiger partial charge in [0, 0.05) is 16.7 Å². The number of amides is 1. The lowest BCUT2D eigenvalue weighted by Crippen LogP contribution is -2.29. The molecule has 1 aromatic heterocycles. The largest absolute Gasteiger partial charge is 0.361 e. The van der Waals surface area contributed by atoms with Gasteiger partial charge in [0.1, 0.15) is 5.76 Å². The SMILES string of the molecule is Cc1cc(C(=O)NCC(=O)c2cccc(Cl)c2)no1. The lowest BCUT2D eigenvalue weighted by atomic mass is 10.1. The fourth-order valence-corrected chi connectivity index (χ4v) is 1.68. The maximum absolute atomic E-state index is 11.8. The number of benzene rings is 1. The third kappa shape index (κ3) is 3.42. The highest BCUT2D eigenvalue weighted by Gasteiger charge is 2.13. The van der Waals surface area contributed by atoms with Gasteiger partial charge in [-0.1, -0.05) is 28.9 Å². The van der Waals surface area contributed by atoms with Crippen molar-refractivity contribution < 1.29 is 14.1 Å². The van der Waals surface area contributed by atoms with E-state index in [9.17, 15) is 9.59 Å². The van der Waals surface area contributed by atoms with Crippen LogP contribution >= 0.6 is 11.6 Å². The lowest BCUT2D eigenvalue weighted by Gasteiger charge is -2.02. The Bertz CT molecular complexity index is 622. The first-order valence-electron chi connectivity index (χ1n) is 5.56. The van der Waals surface area contributed by atoms with Crippen LogP contribution in [-0.4, -0.2) is 23.4 Å². The van der Waals surface area contributed by atoms with Crippen LogP contribution in [0.1, 0.15) is 26.6 Å². The van der Waals surface area contributed by atoms with E-state index in [1.807, 2.05) is 0 Å². The van der Waals surface area contributed by atoms with Gasteiger partial charge < -0.3 is 9.84 Å². The van der Waals surface area contributed by atoms with Crippen LogP contribution in [0.4, 0.5) is 0 Å². The molecule has 6 heteroatoms. The maximum Gasteiger partial charge on any atom is 0.273 e. The van der Waals surface area contributed by atoms with Crippen LogP contribution in [0, 0.1) is 6.92 Å². The molecular formula is C13H11ClN2O3. The Morgan fingerprint density at radius 2 is 2.16 bits per heavy atom. The van der Waals surface area contributed by atoms with Crippen molar-refractivity contribution in [1.29, 1.82) is 0 Å². The maximum atomic E-state index is 11.8. The molecule has 1 N–H and O–H groups in total. The number of rotatable bonds is 4. The molecule has 0 aliphatic rings. The Balaban J connectivity index is 1.95. The number of carbonyl (C=O) groups is 2. The second kappa shape index (κ2) is 5.67. The summed E-state index contributed by atoms with van der Waals surface area (Å²) >= 11 is 5.79. The van der Waals surface area contributed by atoms with E-state index in [1.54, 1.807) is 31.2 Å². The van der Waals surface area contributed by atoms with E-state index in [-0.39, 0.29) is 18.0 Å². The Hall–Kier alpha value is -2.14. The molecule has 1 amide bonds. The van der Waals surface area contributed by atoms with E-state index < -0.39 is 5.91 Å². The molecule has 0 saturated carbocycles. The standard InChI is InChI=1S/C13H11ClN2O3/c1-8-5-11(16-19-8)13(18)15-7-12(17)9-3-2-4-10(14)6-9/h2-6H,7H2,1H3,(H,15,18). The summed E-state index contributed by atoms with van der Waals surface area (Å²) in [5, 5.41) is 6.51. The van der Waals surface area contributed by atoms with Crippen molar-refractivity contribution in [1.82, 2.24) is 10.5 Å². The highest BCUT2D eigenvalue weighted by molar-refractivity contribution is 6.31. The fraction of sp³-hybridized carbons (Fsp3) is 0.154. The zero-order valence-electron chi connectivity index (χ0n) is 10.1. The van der Waals surface area contributed by atoms with Crippen molar-refractivity contribution in [2.45, 2.75) is 6.92 Å². The first-order chi connectivity index (χ1) is 9.06. The minimum atomic E-state index is -0.452. The molecule has 5 nitrogen and oxygen atoms in total. The van der Waals surface area contributed by atoms with Gasteiger partial charge in [-0.25, -0.2) is 0 Å². The van der Waals surface area contributed by atoms with Crippen molar-refractivity contribution in [3.05, 3.63) is 52.4 Å². The minimum Gasteiger partial charge on any atom is -0.361 e. The van der Waals surface area contributed by atoms with Gasteiger partial charge in [0.25, 0.3) is 5.91 Å².